The third kappa shape index (κ3) is 3.85. The molecular formula is C8H11NO. The lowest BCUT2D eigenvalue weighted by molar-refractivity contribution is -0.115. The van der Waals surface area contributed by atoms with Crippen molar-refractivity contribution in [2.24, 2.45) is 5.92 Å². The maximum Gasteiger partial charge on any atom is 0.156 e. The van der Waals surface area contributed by atoms with Crippen LogP contribution in [0, 0.1) is 17.2 Å². The van der Waals surface area contributed by atoms with E-state index in [0.717, 1.165) is 0 Å². The van der Waals surface area contributed by atoms with Gasteiger partial charge in [-0.3, -0.25) is 4.79 Å². The van der Waals surface area contributed by atoms with Crippen molar-refractivity contribution >= 4 is 5.78 Å². The van der Waals surface area contributed by atoms with Crippen molar-refractivity contribution in [1.82, 2.24) is 0 Å². The predicted molar refractivity (Wildman–Crippen MR) is 39.2 cm³/mol. The molecule has 0 fully saturated rings. The summed E-state index contributed by atoms with van der Waals surface area (Å²) in [5.74, 6) is -0.139. The van der Waals surface area contributed by atoms with Crippen LogP contribution in [-0.4, -0.2) is 5.78 Å². The topological polar surface area (TPSA) is 40.9 Å². The summed E-state index contributed by atoms with van der Waals surface area (Å²) in [6, 6.07) is 2.00. The highest BCUT2D eigenvalue weighted by molar-refractivity contribution is 5.89. The zero-order valence-electron chi connectivity index (χ0n) is 6.29. The van der Waals surface area contributed by atoms with E-state index < -0.39 is 0 Å². The van der Waals surface area contributed by atoms with Crippen molar-refractivity contribution < 1.29 is 4.79 Å². The Balaban J connectivity index is 3.71. The van der Waals surface area contributed by atoms with Gasteiger partial charge in [-0.05, 0) is 19.9 Å². The number of rotatable bonds is 3. The summed E-state index contributed by atoms with van der Waals surface area (Å²) in [7, 11) is 0. The van der Waals surface area contributed by atoms with Crippen LogP contribution >= 0.6 is 0 Å². The van der Waals surface area contributed by atoms with E-state index in [1.54, 1.807) is 19.9 Å². The second-order valence-corrected chi connectivity index (χ2v) is 2.20. The Hall–Kier alpha value is -1.10. The fourth-order valence-corrected chi connectivity index (χ4v) is 0.601. The molecule has 0 radical (unpaired) electrons. The molecule has 54 valence electrons. The third-order valence-corrected chi connectivity index (χ3v) is 1.08. The average Bonchev–Trinajstić information content (AvgIpc) is 1.88. The Kier molecular flexibility index (Phi) is 4.23. The highest BCUT2D eigenvalue weighted by Gasteiger charge is 2.03. The third-order valence-electron chi connectivity index (χ3n) is 1.08. The minimum atomic E-state index is -0.163. The molecule has 2 heteroatoms. The zero-order chi connectivity index (χ0) is 7.98. The Morgan fingerprint density at radius 2 is 2.40 bits per heavy atom. The molecule has 0 aromatic rings. The smallest absolute Gasteiger partial charge is 0.156 e. The summed E-state index contributed by atoms with van der Waals surface area (Å²) in [4.78, 5) is 10.8. The minimum absolute atomic E-state index is 0.0246. The van der Waals surface area contributed by atoms with E-state index in [9.17, 15) is 4.79 Å². The van der Waals surface area contributed by atoms with Gasteiger partial charge in [-0.2, -0.15) is 5.26 Å². The Labute approximate surface area is 61.2 Å². The van der Waals surface area contributed by atoms with Gasteiger partial charge in [0.25, 0.3) is 0 Å². The van der Waals surface area contributed by atoms with Crippen LogP contribution in [0.15, 0.2) is 12.2 Å². The van der Waals surface area contributed by atoms with Gasteiger partial charge in [0.15, 0.2) is 5.78 Å². The van der Waals surface area contributed by atoms with Crippen LogP contribution in [0.1, 0.15) is 20.3 Å². The molecule has 0 aliphatic rings. The van der Waals surface area contributed by atoms with E-state index in [1.165, 1.54) is 6.08 Å². The largest absolute Gasteiger partial charge is 0.295 e. The molecule has 10 heavy (non-hydrogen) atoms. The van der Waals surface area contributed by atoms with Crippen LogP contribution < -0.4 is 0 Å². The fraction of sp³-hybridized carbons (Fsp3) is 0.500. The lowest BCUT2D eigenvalue weighted by Gasteiger charge is -1.94. The summed E-state index contributed by atoms with van der Waals surface area (Å²) in [5, 5.41) is 8.33. The molecule has 0 heterocycles. The van der Waals surface area contributed by atoms with Crippen LogP contribution in [0.2, 0.25) is 0 Å². The van der Waals surface area contributed by atoms with Crippen molar-refractivity contribution in [3.63, 3.8) is 0 Å². The number of carbonyl (C=O) groups excluding carboxylic acids is 1. The number of ketones is 1. The van der Waals surface area contributed by atoms with Gasteiger partial charge in [0.1, 0.15) is 0 Å². The summed E-state index contributed by atoms with van der Waals surface area (Å²) in [6.07, 6.45) is 3.51. The van der Waals surface area contributed by atoms with Gasteiger partial charge in [0.05, 0.1) is 12.0 Å². The molecule has 0 amide bonds. The number of carbonyl (C=O) groups is 1. The highest BCUT2D eigenvalue weighted by Crippen LogP contribution is 2.00. The molecule has 0 bridgehead atoms. The van der Waals surface area contributed by atoms with Crippen LogP contribution in [-0.2, 0) is 4.79 Å². The van der Waals surface area contributed by atoms with Crippen molar-refractivity contribution in [1.29, 1.82) is 5.26 Å². The van der Waals surface area contributed by atoms with Crippen LogP contribution in [0.5, 0.6) is 0 Å². The van der Waals surface area contributed by atoms with E-state index in [2.05, 4.69) is 0 Å². The lowest BCUT2D eigenvalue weighted by Crippen LogP contribution is -1.99. The van der Waals surface area contributed by atoms with E-state index in [0.29, 0.717) is 6.42 Å². The normalized spacial score (nSPS) is 12.9. The Morgan fingerprint density at radius 1 is 1.80 bits per heavy atom. The Bertz CT molecular complexity index is 176. The second kappa shape index (κ2) is 4.75. The summed E-state index contributed by atoms with van der Waals surface area (Å²) < 4.78 is 0. The van der Waals surface area contributed by atoms with Gasteiger partial charge in [-0.1, -0.05) is 6.08 Å². The van der Waals surface area contributed by atoms with Crippen molar-refractivity contribution in [3.8, 4) is 6.07 Å². The van der Waals surface area contributed by atoms with Crippen molar-refractivity contribution in [2.45, 2.75) is 20.3 Å². The molecule has 0 saturated carbocycles. The van der Waals surface area contributed by atoms with Crippen LogP contribution in [0.3, 0.4) is 0 Å². The molecule has 0 spiro atoms. The van der Waals surface area contributed by atoms with Crippen LogP contribution in [0.25, 0.3) is 0 Å². The number of hydrogen-bond acceptors (Lipinski definition) is 2. The number of allylic oxidation sites excluding steroid dienone is 2. The molecule has 0 aromatic carbocycles. The number of nitriles is 1. The van der Waals surface area contributed by atoms with Gasteiger partial charge >= 0.3 is 0 Å². The average molecular weight is 137 g/mol. The monoisotopic (exact) mass is 137 g/mol. The van der Waals surface area contributed by atoms with E-state index in [4.69, 9.17) is 5.26 Å². The highest BCUT2D eigenvalue weighted by atomic mass is 16.1. The van der Waals surface area contributed by atoms with E-state index in [1.807, 2.05) is 6.07 Å². The van der Waals surface area contributed by atoms with Gasteiger partial charge in [-0.25, -0.2) is 0 Å². The first kappa shape index (κ1) is 8.90. The maximum absolute atomic E-state index is 10.8. The van der Waals surface area contributed by atoms with Crippen molar-refractivity contribution in [3.05, 3.63) is 12.2 Å². The van der Waals surface area contributed by atoms with E-state index in [-0.39, 0.29) is 11.7 Å². The van der Waals surface area contributed by atoms with E-state index >= 15 is 0 Å². The second-order valence-electron chi connectivity index (χ2n) is 2.20. The quantitative estimate of drug-likeness (QED) is 0.555. The molecule has 0 aromatic heterocycles. The first-order valence-electron chi connectivity index (χ1n) is 3.25. The molecule has 0 N–H and O–H groups in total. The first-order valence-corrected chi connectivity index (χ1v) is 3.25. The zero-order valence-corrected chi connectivity index (χ0v) is 6.29. The molecule has 0 aliphatic heterocycles. The lowest BCUT2D eigenvalue weighted by atomic mass is 10.1. The minimum Gasteiger partial charge on any atom is -0.295 e. The van der Waals surface area contributed by atoms with Gasteiger partial charge in [0.2, 0.25) is 0 Å². The molecule has 2 nitrogen and oxygen atoms in total. The van der Waals surface area contributed by atoms with Gasteiger partial charge < -0.3 is 0 Å². The first-order chi connectivity index (χ1) is 4.70. The van der Waals surface area contributed by atoms with Gasteiger partial charge in [-0.15, -0.1) is 0 Å². The SMILES string of the molecule is C/C=C/C(=O)CC(C)C#N. The predicted octanol–water partition coefficient (Wildman–Crippen LogP) is 1.68. The molecule has 0 rings (SSSR count). The molecule has 1 unspecified atom stereocenters. The standard InChI is InChI=1S/C8H11NO/c1-3-4-8(10)5-7(2)6-9/h3-4,7H,5H2,1-2H3/b4-3+. The molecule has 0 saturated heterocycles. The maximum atomic E-state index is 10.8. The Morgan fingerprint density at radius 3 is 2.80 bits per heavy atom. The van der Waals surface area contributed by atoms with Crippen molar-refractivity contribution in [2.75, 3.05) is 0 Å². The molecule has 1 atom stereocenters. The molecular weight excluding hydrogens is 126 g/mol. The van der Waals surface area contributed by atoms with Gasteiger partial charge in [0, 0.05) is 6.42 Å². The van der Waals surface area contributed by atoms with Crippen LogP contribution in [0.4, 0.5) is 0 Å². The summed E-state index contributed by atoms with van der Waals surface area (Å²) in [5.41, 5.74) is 0. The molecule has 0 aliphatic carbocycles. The summed E-state index contributed by atoms with van der Waals surface area (Å²) in [6.45, 7) is 3.52. The number of nitrogens with zero attached hydrogens (tertiary/aromatic N) is 1. The summed E-state index contributed by atoms with van der Waals surface area (Å²) >= 11 is 0. The fourth-order valence-electron chi connectivity index (χ4n) is 0.601. The number of hydrogen-bond donors (Lipinski definition) is 0.